The Kier molecular flexibility index (Phi) is 12.4. The summed E-state index contributed by atoms with van der Waals surface area (Å²) in [5, 5.41) is 10.4. The SMILES string of the molecule is C/C=C(\C)NC(=O)/C(N)=C/C(C=N)=C(/C)N=C(C=C(C)C)c1cccc(C)c1.CC. The van der Waals surface area contributed by atoms with Crippen molar-refractivity contribution in [3.8, 4) is 0 Å². The van der Waals surface area contributed by atoms with Gasteiger partial charge in [-0.3, -0.25) is 9.79 Å². The van der Waals surface area contributed by atoms with Gasteiger partial charge in [0.05, 0.1) is 11.4 Å². The zero-order valence-corrected chi connectivity index (χ0v) is 19.6. The number of aryl methyl sites for hydroxylation is 1. The summed E-state index contributed by atoms with van der Waals surface area (Å²) in [5.74, 6) is -0.407. The maximum absolute atomic E-state index is 12.1. The van der Waals surface area contributed by atoms with Crippen LogP contribution in [0, 0.1) is 12.3 Å². The third-order valence-electron chi connectivity index (χ3n) is 3.92. The number of aliphatic imine (C=N–C) groups is 1. The van der Waals surface area contributed by atoms with Crippen molar-refractivity contribution < 1.29 is 4.79 Å². The van der Waals surface area contributed by atoms with Crippen LogP contribution in [0.2, 0.25) is 0 Å². The number of nitrogens with two attached hydrogens (primary N) is 1. The molecule has 1 aromatic carbocycles. The van der Waals surface area contributed by atoms with E-state index in [-0.39, 0.29) is 5.70 Å². The fraction of sp³-hybridized carbons (Fsp3) is 0.320. The van der Waals surface area contributed by atoms with Crippen LogP contribution in [0.3, 0.4) is 0 Å². The van der Waals surface area contributed by atoms with E-state index in [2.05, 4.69) is 11.4 Å². The van der Waals surface area contributed by atoms with Crippen LogP contribution < -0.4 is 11.1 Å². The van der Waals surface area contributed by atoms with Crippen molar-refractivity contribution in [3.05, 3.63) is 81.9 Å². The van der Waals surface area contributed by atoms with Gasteiger partial charge in [0.15, 0.2) is 0 Å². The summed E-state index contributed by atoms with van der Waals surface area (Å²) < 4.78 is 0. The molecule has 0 radical (unpaired) electrons. The second-order valence-corrected chi connectivity index (χ2v) is 6.80. The molecule has 0 spiro atoms. The highest BCUT2D eigenvalue weighted by atomic mass is 16.2. The zero-order chi connectivity index (χ0) is 23.3. The smallest absolute Gasteiger partial charge is 0.271 e. The fourth-order valence-electron chi connectivity index (χ4n) is 2.31. The molecule has 0 aromatic heterocycles. The zero-order valence-electron chi connectivity index (χ0n) is 19.6. The number of allylic oxidation sites excluding steroid dienone is 7. The molecule has 0 aliphatic carbocycles. The summed E-state index contributed by atoms with van der Waals surface area (Å²) in [6, 6.07) is 8.08. The molecular weight excluding hydrogens is 372 g/mol. The average molecular weight is 409 g/mol. The van der Waals surface area contributed by atoms with Crippen LogP contribution in [0.15, 0.2) is 75.7 Å². The maximum Gasteiger partial charge on any atom is 0.271 e. The number of hydrogen-bond donors (Lipinski definition) is 3. The van der Waals surface area contributed by atoms with Crippen LogP contribution in [0.25, 0.3) is 0 Å². The van der Waals surface area contributed by atoms with Crippen LogP contribution in [-0.2, 0) is 4.79 Å². The van der Waals surface area contributed by atoms with Gasteiger partial charge < -0.3 is 16.5 Å². The molecule has 30 heavy (non-hydrogen) atoms. The van der Waals surface area contributed by atoms with Gasteiger partial charge in [-0.25, -0.2) is 0 Å². The van der Waals surface area contributed by atoms with E-state index in [1.807, 2.05) is 65.8 Å². The van der Waals surface area contributed by atoms with Gasteiger partial charge in [-0.15, -0.1) is 0 Å². The van der Waals surface area contributed by atoms with Gasteiger partial charge >= 0.3 is 0 Å². The molecule has 5 nitrogen and oxygen atoms in total. The van der Waals surface area contributed by atoms with Crippen molar-refractivity contribution in [1.29, 1.82) is 5.41 Å². The first kappa shape index (κ1) is 26.8. The van der Waals surface area contributed by atoms with E-state index in [0.29, 0.717) is 17.0 Å². The van der Waals surface area contributed by atoms with E-state index in [4.69, 9.17) is 16.1 Å². The van der Waals surface area contributed by atoms with Crippen LogP contribution in [0.1, 0.15) is 59.6 Å². The molecule has 0 saturated carbocycles. The summed E-state index contributed by atoms with van der Waals surface area (Å²) in [6.45, 7) is 15.5. The normalized spacial score (nSPS) is 12.9. The number of amides is 1. The highest BCUT2D eigenvalue weighted by Gasteiger charge is 2.08. The first-order valence-corrected chi connectivity index (χ1v) is 10.1. The minimum Gasteiger partial charge on any atom is -0.394 e. The molecule has 0 unspecified atom stereocenters. The Hall–Kier alpha value is -3.21. The van der Waals surface area contributed by atoms with E-state index in [1.165, 1.54) is 6.08 Å². The van der Waals surface area contributed by atoms with Gasteiger partial charge in [0.1, 0.15) is 0 Å². The number of rotatable bonds is 7. The van der Waals surface area contributed by atoms with Gasteiger partial charge in [0, 0.05) is 28.7 Å². The molecule has 0 aliphatic heterocycles. The Bertz CT molecular complexity index is 895. The third kappa shape index (κ3) is 9.32. The molecule has 1 aromatic rings. The van der Waals surface area contributed by atoms with Gasteiger partial charge in [0.25, 0.3) is 5.91 Å². The lowest BCUT2D eigenvalue weighted by Crippen LogP contribution is -2.27. The number of nitrogens with zero attached hydrogens (tertiary/aromatic N) is 1. The van der Waals surface area contributed by atoms with Gasteiger partial charge in [-0.05, 0) is 59.8 Å². The number of hydrogen-bond acceptors (Lipinski definition) is 4. The standard InChI is InChI=1S/C23H30N4O.C2H6/c1-7-17(5)26-23(28)21(25)13-20(14-24)18(6)27-22(11-15(2)3)19-10-8-9-16(4)12-19;1-2/h7-14,24H,25H2,1-6H3,(H,26,28);1-2H3/b17-7+,20-18+,21-13-,24-14?,27-22?;. The van der Waals surface area contributed by atoms with Gasteiger partial charge in [0.2, 0.25) is 0 Å². The van der Waals surface area contributed by atoms with Gasteiger partial charge in [-0.2, -0.15) is 0 Å². The molecule has 0 saturated heterocycles. The second-order valence-electron chi connectivity index (χ2n) is 6.80. The predicted molar refractivity (Wildman–Crippen MR) is 130 cm³/mol. The first-order chi connectivity index (χ1) is 14.2. The molecule has 1 amide bonds. The van der Waals surface area contributed by atoms with Crippen molar-refractivity contribution >= 4 is 17.8 Å². The van der Waals surface area contributed by atoms with E-state index in [9.17, 15) is 4.79 Å². The monoisotopic (exact) mass is 408 g/mol. The fourth-order valence-corrected chi connectivity index (χ4v) is 2.31. The molecular formula is C25H36N4O. The van der Waals surface area contributed by atoms with Crippen molar-refractivity contribution in [2.45, 2.75) is 55.4 Å². The molecule has 0 aliphatic rings. The Morgan fingerprint density at radius 1 is 1.13 bits per heavy atom. The molecule has 0 fully saturated rings. The number of carbonyl (C=O) groups is 1. The molecule has 4 N–H and O–H groups in total. The van der Waals surface area contributed by atoms with Crippen molar-refractivity contribution in [2.24, 2.45) is 10.7 Å². The summed E-state index contributed by atoms with van der Waals surface area (Å²) in [6.07, 6.45) is 6.40. The first-order valence-electron chi connectivity index (χ1n) is 10.1. The third-order valence-corrected chi connectivity index (χ3v) is 3.92. The molecule has 162 valence electrons. The highest BCUT2D eigenvalue weighted by molar-refractivity contribution is 6.09. The van der Waals surface area contributed by atoms with E-state index in [1.54, 1.807) is 19.9 Å². The lowest BCUT2D eigenvalue weighted by atomic mass is 10.0. The Morgan fingerprint density at radius 2 is 1.77 bits per heavy atom. The van der Waals surface area contributed by atoms with Gasteiger partial charge in [-0.1, -0.05) is 49.3 Å². The van der Waals surface area contributed by atoms with E-state index in [0.717, 1.165) is 28.6 Å². The second kappa shape index (κ2) is 13.9. The van der Waals surface area contributed by atoms with Crippen LogP contribution in [-0.4, -0.2) is 17.8 Å². The Balaban J connectivity index is 0.00000407. The van der Waals surface area contributed by atoms with Crippen LogP contribution in [0.4, 0.5) is 0 Å². The number of carbonyl (C=O) groups excluding carboxylic acids is 1. The summed E-state index contributed by atoms with van der Waals surface area (Å²) in [7, 11) is 0. The summed E-state index contributed by atoms with van der Waals surface area (Å²) in [4.78, 5) is 16.8. The summed E-state index contributed by atoms with van der Waals surface area (Å²) >= 11 is 0. The lowest BCUT2D eigenvalue weighted by Gasteiger charge is -2.08. The minimum absolute atomic E-state index is 0.0218. The molecule has 0 bridgehead atoms. The molecule has 1 rings (SSSR count). The Labute approximate surface area is 181 Å². The van der Waals surface area contributed by atoms with Crippen molar-refractivity contribution in [2.75, 3.05) is 0 Å². The maximum atomic E-state index is 12.1. The molecule has 0 atom stereocenters. The lowest BCUT2D eigenvalue weighted by molar-refractivity contribution is -0.116. The van der Waals surface area contributed by atoms with E-state index >= 15 is 0 Å². The molecule has 0 heterocycles. The average Bonchev–Trinajstić information content (AvgIpc) is 2.72. The topological polar surface area (TPSA) is 91.3 Å². The minimum atomic E-state index is -0.407. The summed E-state index contributed by atoms with van der Waals surface area (Å²) in [5.41, 5.74) is 11.7. The van der Waals surface area contributed by atoms with Crippen molar-refractivity contribution in [3.63, 3.8) is 0 Å². The highest BCUT2D eigenvalue weighted by Crippen LogP contribution is 2.14. The van der Waals surface area contributed by atoms with Crippen molar-refractivity contribution in [1.82, 2.24) is 5.32 Å². The number of benzene rings is 1. The Morgan fingerprint density at radius 3 is 2.27 bits per heavy atom. The van der Waals surface area contributed by atoms with E-state index < -0.39 is 5.91 Å². The van der Waals surface area contributed by atoms with Crippen LogP contribution >= 0.6 is 0 Å². The quantitative estimate of drug-likeness (QED) is 0.312. The van der Waals surface area contributed by atoms with Crippen LogP contribution in [0.5, 0.6) is 0 Å². The molecule has 5 heteroatoms. The predicted octanol–water partition coefficient (Wildman–Crippen LogP) is 5.58. The number of nitrogens with one attached hydrogen (secondary N) is 2. The largest absolute Gasteiger partial charge is 0.394 e.